The smallest absolute Gasteiger partial charge is 0.251 e. The molecule has 0 radical (unpaired) electrons. The van der Waals surface area contributed by atoms with E-state index in [4.69, 9.17) is 5.73 Å². The Bertz CT molecular complexity index is 589. The van der Waals surface area contributed by atoms with Crippen LogP contribution in [0, 0.1) is 13.8 Å². The van der Waals surface area contributed by atoms with Gasteiger partial charge in [0.1, 0.15) is 0 Å². The molecular weight excluding hydrogens is 240 g/mol. The van der Waals surface area contributed by atoms with E-state index in [1.807, 2.05) is 30.8 Å². The van der Waals surface area contributed by atoms with Crippen LogP contribution in [-0.2, 0) is 6.54 Å². The number of aryl methyl sites for hydroxylation is 2. The lowest BCUT2D eigenvalue weighted by Crippen LogP contribution is -2.28. The summed E-state index contributed by atoms with van der Waals surface area (Å²) in [4.78, 5) is 12.0. The number of benzene rings is 1. The largest absolute Gasteiger partial charge is 0.399 e. The van der Waals surface area contributed by atoms with Crippen molar-refractivity contribution in [2.75, 3.05) is 12.3 Å². The zero-order valence-electron chi connectivity index (χ0n) is 11.2. The number of hydrogen-bond donors (Lipinski definition) is 2. The van der Waals surface area contributed by atoms with Crippen molar-refractivity contribution >= 4 is 11.6 Å². The van der Waals surface area contributed by atoms with Crippen molar-refractivity contribution in [3.63, 3.8) is 0 Å². The maximum absolute atomic E-state index is 12.0. The summed E-state index contributed by atoms with van der Waals surface area (Å²) in [7, 11) is 0. The van der Waals surface area contributed by atoms with Crippen molar-refractivity contribution < 1.29 is 4.79 Å². The van der Waals surface area contributed by atoms with Gasteiger partial charge in [0.15, 0.2) is 0 Å². The summed E-state index contributed by atoms with van der Waals surface area (Å²) < 4.78 is 1.81. The van der Waals surface area contributed by atoms with Crippen LogP contribution in [-0.4, -0.2) is 22.2 Å². The first-order chi connectivity index (χ1) is 9.06. The SMILES string of the molecule is Cc1cnn(CCNC(=O)c2cc(N)ccc2C)c1. The van der Waals surface area contributed by atoms with Crippen LogP contribution >= 0.6 is 0 Å². The Morgan fingerprint density at radius 2 is 2.21 bits per heavy atom. The molecule has 1 heterocycles. The molecular formula is C14H18N4O. The maximum Gasteiger partial charge on any atom is 0.251 e. The first kappa shape index (κ1) is 13.1. The van der Waals surface area contributed by atoms with Gasteiger partial charge in [-0.1, -0.05) is 6.07 Å². The molecule has 19 heavy (non-hydrogen) atoms. The van der Waals surface area contributed by atoms with E-state index in [1.165, 1.54) is 0 Å². The highest BCUT2D eigenvalue weighted by atomic mass is 16.1. The van der Waals surface area contributed by atoms with E-state index >= 15 is 0 Å². The first-order valence-corrected chi connectivity index (χ1v) is 6.19. The number of aromatic nitrogens is 2. The maximum atomic E-state index is 12.0. The highest BCUT2D eigenvalue weighted by Crippen LogP contribution is 2.12. The van der Waals surface area contributed by atoms with Gasteiger partial charge in [0.05, 0.1) is 12.7 Å². The van der Waals surface area contributed by atoms with E-state index in [0.29, 0.717) is 24.3 Å². The molecule has 0 bridgehead atoms. The van der Waals surface area contributed by atoms with Gasteiger partial charge in [-0.25, -0.2) is 0 Å². The number of hydrogen-bond acceptors (Lipinski definition) is 3. The van der Waals surface area contributed by atoms with Crippen LogP contribution in [0.5, 0.6) is 0 Å². The molecule has 1 aromatic carbocycles. The van der Waals surface area contributed by atoms with E-state index < -0.39 is 0 Å². The molecule has 0 aliphatic rings. The molecule has 0 aliphatic carbocycles. The molecule has 2 aromatic rings. The molecule has 0 unspecified atom stereocenters. The Morgan fingerprint density at radius 1 is 1.42 bits per heavy atom. The highest BCUT2D eigenvalue weighted by Gasteiger charge is 2.08. The third-order valence-corrected chi connectivity index (χ3v) is 2.90. The van der Waals surface area contributed by atoms with Crippen LogP contribution in [0.15, 0.2) is 30.6 Å². The average molecular weight is 258 g/mol. The highest BCUT2D eigenvalue weighted by molar-refractivity contribution is 5.96. The molecule has 0 spiro atoms. The molecule has 0 fully saturated rings. The predicted molar refractivity (Wildman–Crippen MR) is 74.9 cm³/mol. The third kappa shape index (κ3) is 3.34. The standard InChI is InChI=1S/C14H18N4O/c1-10-8-17-18(9-10)6-5-16-14(19)13-7-12(15)4-3-11(13)2/h3-4,7-9H,5-6,15H2,1-2H3,(H,16,19). The minimum atomic E-state index is -0.103. The van der Waals surface area contributed by atoms with Crippen molar-refractivity contribution in [3.8, 4) is 0 Å². The number of nitrogens with two attached hydrogens (primary N) is 1. The van der Waals surface area contributed by atoms with Crippen LogP contribution < -0.4 is 11.1 Å². The number of amides is 1. The molecule has 100 valence electrons. The van der Waals surface area contributed by atoms with Crippen LogP contribution in [0.1, 0.15) is 21.5 Å². The first-order valence-electron chi connectivity index (χ1n) is 6.19. The summed E-state index contributed by atoms with van der Waals surface area (Å²) in [5.74, 6) is -0.103. The summed E-state index contributed by atoms with van der Waals surface area (Å²) in [6.07, 6.45) is 3.74. The minimum absolute atomic E-state index is 0.103. The molecule has 5 heteroatoms. The zero-order valence-corrected chi connectivity index (χ0v) is 11.2. The second-order valence-electron chi connectivity index (χ2n) is 4.61. The Labute approximate surface area is 112 Å². The summed E-state index contributed by atoms with van der Waals surface area (Å²) in [6.45, 7) is 5.07. The van der Waals surface area contributed by atoms with E-state index in [9.17, 15) is 4.79 Å². The molecule has 0 aliphatic heterocycles. The zero-order chi connectivity index (χ0) is 13.8. The van der Waals surface area contributed by atoms with Crippen LogP contribution in [0.2, 0.25) is 0 Å². The second-order valence-corrected chi connectivity index (χ2v) is 4.61. The van der Waals surface area contributed by atoms with Crippen molar-refractivity contribution in [3.05, 3.63) is 47.3 Å². The Balaban J connectivity index is 1.92. The molecule has 1 amide bonds. The lowest BCUT2D eigenvalue weighted by atomic mass is 10.1. The monoisotopic (exact) mass is 258 g/mol. The van der Waals surface area contributed by atoms with E-state index in [0.717, 1.165) is 11.1 Å². The van der Waals surface area contributed by atoms with Gasteiger partial charge in [0, 0.05) is 24.0 Å². The normalized spacial score (nSPS) is 10.4. The number of carbonyl (C=O) groups is 1. The molecule has 0 saturated heterocycles. The number of carbonyl (C=O) groups excluding carboxylic acids is 1. The fourth-order valence-electron chi connectivity index (χ4n) is 1.85. The third-order valence-electron chi connectivity index (χ3n) is 2.90. The van der Waals surface area contributed by atoms with Crippen molar-refractivity contribution in [2.45, 2.75) is 20.4 Å². The number of anilines is 1. The van der Waals surface area contributed by atoms with Gasteiger partial charge in [-0.2, -0.15) is 5.10 Å². The van der Waals surface area contributed by atoms with E-state index in [-0.39, 0.29) is 5.91 Å². The molecule has 0 atom stereocenters. The number of rotatable bonds is 4. The molecule has 0 saturated carbocycles. The average Bonchev–Trinajstić information content (AvgIpc) is 2.78. The summed E-state index contributed by atoms with van der Waals surface area (Å²) in [5.41, 5.74) is 8.94. The Kier molecular flexibility index (Phi) is 3.85. The lowest BCUT2D eigenvalue weighted by Gasteiger charge is -2.08. The quantitative estimate of drug-likeness (QED) is 0.816. The van der Waals surface area contributed by atoms with Gasteiger partial charge >= 0.3 is 0 Å². The van der Waals surface area contributed by atoms with Crippen LogP contribution in [0.3, 0.4) is 0 Å². The lowest BCUT2D eigenvalue weighted by molar-refractivity contribution is 0.0951. The molecule has 3 N–H and O–H groups in total. The summed E-state index contributed by atoms with van der Waals surface area (Å²) in [6, 6.07) is 5.34. The van der Waals surface area contributed by atoms with Gasteiger partial charge in [0.2, 0.25) is 0 Å². The van der Waals surface area contributed by atoms with Crippen molar-refractivity contribution in [1.29, 1.82) is 0 Å². The number of nitrogen functional groups attached to an aromatic ring is 1. The fraction of sp³-hybridized carbons (Fsp3) is 0.286. The van der Waals surface area contributed by atoms with Gasteiger partial charge < -0.3 is 11.1 Å². The van der Waals surface area contributed by atoms with Gasteiger partial charge in [-0.3, -0.25) is 9.48 Å². The van der Waals surface area contributed by atoms with Gasteiger partial charge in [-0.05, 0) is 37.1 Å². The topological polar surface area (TPSA) is 72.9 Å². The number of nitrogens with zero attached hydrogens (tertiary/aromatic N) is 2. The van der Waals surface area contributed by atoms with E-state index in [2.05, 4.69) is 10.4 Å². The van der Waals surface area contributed by atoms with Gasteiger partial charge in [-0.15, -0.1) is 0 Å². The predicted octanol–water partition coefficient (Wildman–Crippen LogP) is 1.51. The molecule has 1 aromatic heterocycles. The Morgan fingerprint density at radius 3 is 2.89 bits per heavy atom. The van der Waals surface area contributed by atoms with Crippen molar-refractivity contribution in [1.82, 2.24) is 15.1 Å². The summed E-state index contributed by atoms with van der Waals surface area (Å²) in [5, 5.41) is 7.03. The van der Waals surface area contributed by atoms with Crippen molar-refractivity contribution in [2.24, 2.45) is 0 Å². The fourth-order valence-corrected chi connectivity index (χ4v) is 1.85. The number of nitrogens with one attached hydrogen (secondary N) is 1. The molecule has 2 rings (SSSR count). The van der Waals surface area contributed by atoms with E-state index in [1.54, 1.807) is 18.3 Å². The minimum Gasteiger partial charge on any atom is -0.399 e. The van der Waals surface area contributed by atoms with Crippen LogP contribution in [0.25, 0.3) is 0 Å². The summed E-state index contributed by atoms with van der Waals surface area (Å²) >= 11 is 0. The van der Waals surface area contributed by atoms with Gasteiger partial charge in [0.25, 0.3) is 5.91 Å². The van der Waals surface area contributed by atoms with Crippen LogP contribution in [0.4, 0.5) is 5.69 Å². The Hall–Kier alpha value is -2.30. The second kappa shape index (κ2) is 5.56. The molecule has 5 nitrogen and oxygen atoms in total.